The molecule has 3 aromatic rings. The highest BCUT2D eigenvalue weighted by Crippen LogP contribution is 2.17. The summed E-state index contributed by atoms with van der Waals surface area (Å²) < 4.78 is 0. The average molecular weight is 697 g/mol. The van der Waals surface area contributed by atoms with Crippen LogP contribution in [0.15, 0.2) is 66.7 Å². The van der Waals surface area contributed by atoms with Crippen LogP contribution in [0.1, 0.15) is 145 Å². The zero-order valence-corrected chi connectivity index (χ0v) is 29.6. The third kappa shape index (κ3) is 14.4. The van der Waals surface area contributed by atoms with E-state index in [1.165, 1.54) is 69.6 Å². The van der Waals surface area contributed by atoms with Crippen molar-refractivity contribution >= 4 is 41.0 Å². The Hall–Kier alpha value is -4.99. The van der Waals surface area contributed by atoms with Gasteiger partial charge in [-0.1, -0.05) is 101 Å². The maximum Gasteiger partial charge on any atom is 0.335 e. The molecule has 51 heavy (non-hydrogen) atoms. The van der Waals surface area contributed by atoms with Crippen LogP contribution < -0.4 is 21.3 Å². The molecule has 0 spiro atoms. The maximum absolute atomic E-state index is 13.0. The first-order valence-electron chi connectivity index (χ1n) is 18.5. The quantitative estimate of drug-likeness (QED) is 0.172. The molecule has 0 fully saturated rings. The summed E-state index contributed by atoms with van der Waals surface area (Å²) in [6, 6.07) is 18.2. The highest BCUT2D eigenvalue weighted by Gasteiger charge is 2.16. The van der Waals surface area contributed by atoms with E-state index in [1.54, 1.807) is 48.5 Å². The fraction of sp³-hybridized carbons (Fsp3) is 0.439. The largest absolute Gasteiger partial charge is 0.478 e. The Morgan fingerprint density at radius 2 is 0.804 bits per heavy atom. The predicted octanol–water partition coefficient (Wildman–Crippen LogP) is 8.38. The van der Waals surface area contributed by atoms with Crippen LogP contribution in [0, 0.1) is 0 Å². The molecule has 272 valence electrons. The number of carbonyl (C=O) groups is 5. The number of aromatic carboxylic acids is 1. The van der Waals surface area contributed by atoms with Crippen LogP contribution in [-0.2, 0) is 22.7 Å². The van der Waals surface area contributed by atoms with E-state index in [9.17, 15) is 29.1 Å². The number of rotatable bonds is 1. The summed E-state index contributed by atoms with van der Waals surface area (Å²) in [6.07, 6.45) is 17.1. The number of hydrogen-bond donors (Lipinski definition) is 5. The zero-order chi connectivity index (χ0) is 36.3. The van der Waals surface area contributed by atoms with Gasteiger partial charge in [-0.15, -0.1) is 0 Å². The molecule has 3 aliphatic heterocycles. The molecule has 5 N–H and O–H groups in total. The summed E-state index contributed by atoms with van der Waals surface area (Å²) in [5, 5.41) is 21.1. The minimum Gasteiger partial charge on any atom is -0.478 e. The van der Waals surface area contributed by atoms with Gasteiger partial charge in [-0.05, 0) is 66.4 Å². The lowest BCUT2D eigenvalue weighted by molar-refractivity contribution is -0.117. The lowest BCUT2D eigenvalue weighted by atomic mass is 10.0. The van der Waals surface area contributed by atoms with Gasteiger partial charge in [-0.25, -0.2) is 4.79 Å². The van der Waals surface area contributed by atoms with E-state index in [1.807, 2.05) is 0 Å². The van der Waals surface area contributed by atoms with Crippen LogP contribution in [0.4, 0.5) is 11.4 Å². The lowest BCUT2D eigenvalue weighted by Crippen LogP contribution is -2.26. The van der Waals surface area contributed by atoms with Crippen LogP contribution in [0.2, 0.25) is 0 Å². The Labute approximate surface area is 301 Å². The monoisotopic (exact) mass is 696 g/mol. The second-order valence-corrected chi connectivity index (χ2v) is 13.4. The molecule has 4 amide bonds. The number of anilines is 2. The van der Waals surface area contributed by atoms with E-state index in [0.717, 1.165) is 49.7 Å². The second kappa shape index (κ2) is 21.3. The van der Waals surface area contributed by atoms with Gasteiger partial charge in [0.05, 0.1) is 5.56 Å². The van der Waals surface area contributed by atoms with Crippen molar-refractivity contribution < 1.29 is 29.1 Å². The third-order valence-corrected chi connectivity index (χ3v) is 9.14. The molecule has 0 aliphatic carbocycles. The van der Waals surface area contributed by atoms with Gasteiger partial charge in [0.15, 0.2) is 0 Å². The number of amides is 4. The summed E-state index contributed by atoms with van der Waals surface area (Å²) >= 11 is 0. The number of benzene rings is 3. The van der Waals surface area contributed by atoms with Crippen molar-refractivity contribution in [1.82, 2.24) is 10.6 Å². The van der Waals surface area contributed by atoms with E-state index >= 15 is 0 Å². The van der Waals surface area contributed by atoms with E-state index in [4.69, 9.17) is 0 Å². The normalized spacial score (nSPS) is 17.3. The number of fused-ring (bicyclic) bond motifs is 2. The number of carboxylic acid groups (broad SMARTS) is 1. The van der Waals surface area contributed by atoms with Crippen LogP contribution in [0.5, 0.6) is 0 Å². The molecule has 3 aromatic carbocycles. The van der Waals surface area contributed by atoms with E-state index in [0.29, 0.717) is 24.2 Å². The molecule has 6 rings (SSSR count). The topological polar surface area (TPSA) is 154 Å². The summed E-state index contributed by atoms with van der Waals surface area (Å²) in [4.78, 5) is 62.8. The Morgan fingerprint density at radius 1 is 0.471 bits per heavy atom. The average Bonchev–Trinajstić information content (AvgIpc) is 3.13. The molecule has 3 heterocycles. The van der Waals surface area contributed by atoms with Gasteiger partial charge >= 0.3 is 5.97 Å². The first kappa shape index (κ1) is 38.8. The van der Waals surface area contributed by atoms with Gasteiger partial charge < -0.3 is 26.4 Å². The van der Waals surface area contributed by atoms with Gasteiger partial charge in [-0.2, -0.15) is 0 Å². The molecular weight excluding hydrogens is 644 g/mol. The van der Waals surface area contributed by atoms with Crippen LogP contribution in [0.25, 0.3) is 0 Å². The van der Waals surface area contributed by atoms with E-state index < -0.39 is 17.8 Å². The Balaban J connectivity index is 1.36. The van der Waals surface area contributed by atoms with Crippen molar-refractivity contribution in [2.45, 2.75) is 116 Å². The zero-order valence-electron chi connectivity index (χ0n) is 29.6. The van der Waals surface area contributed by atoms with Gasteiger partial charge in [0.2, 0.25) is 11.8 Å². The molecule has 0 radical (unpaired) electrons. The highest BCUT2D eigenvalue weighted by molar-refractivity contribution is 6.03. The van der Waals surface area contributed by atoms with Gasteiger partial charge in [0.25, 0.3) is 11.8 Å². The Kier molecular flexibility index (Phi) is 16.2. The molecule has 0 aromatic heterocycles. The van der Waals surface area contributed by atoms with Gasteiger partial charge in [0.1, 0.15) is 0 Å². The SMILES string of the molecule is O=C1CCCCCCCCCCCCCCCCC(=O)Nc2ccc(cc2)CNC(=O)c2cc(C(=O)O)cc(c2)C(=O)NCc2ccc(cc2)N1. The van der Waals surface area contributed by atoms with Crippen molar-refractivity contribution in [3.63, 3.8) is 0 Å². The van der Waals surface area contributed by atoms with E-state index in [2.05, 4.69) is 21.3 Å². The van der Waals surface area contributed by atoms with Crippen molar-refractivity contribution in [3.8, 4) is 0 Å². The minimum atomic E-state index is -1.26. The lowest BCUT2D eigenvalue weighted by Gasteiger charge is -2.11. The predicted molar refractivity (Wildman–Crippen MR) is 200 cm³/mol. The van der Waals surface area contributed by atoms with E-state index in [-0.39, 0.29) is 41.6 Å². The minimum absolute atomic E-state index is 0.0173. The van der Waals surface area contributed by atoms with Crippen LogP contribution in [-0.4, -0.2) is 34.7 Å². The van der Waals surface area contributed by atoms with Crippen LogP contribution in [0.3, 0.4) is 0 Å². The summed E-state index contributed by atoms with van der Waals surface area (Å²) in [7, 11) is 0. The van der Waals surface area contributed by atoms with Crippen molar-refractivity contribution in [1.29, 1.82) is 0 Å². The molecule has 10 nitrogen and oxygen atoms in total. The Bertz CT molecular complexity index is 1490. The first-order chi connectivity index (χ1) is 24.8. The summed E-state index contributed by atoms with van der Waals surface area (Å²) in [6.45, 7) is 0.338. The maximum atomic E-state index is 13.0. The number of carbonyl (C=O) groups excluding carboxylic acids is 4. The summed E-state index contributed by atoms with van der Waals surface area (Å²) in [5.41, 5.74) is 2.85. The number of nitrogens with one attached hydrogen (secondary N) is 4. The molecule has 0 unspecified atom stereocenters. The standard InChI is InChI=1S/C41H52N4O6/c46-37-15-13-11-9-7-5-3-1-2-4-6-8-10-12-14-16-38(47)45-36-23-19-31(20-24-36)29-43-40(49)33-25-32(26-34(27-33)41(50)51)39(48)42-28-30-17-21-35(44-37)22-18-30/h17-27H,1-16,28-29H2,(H,42,48)(H,43,49)(H,44,46)(H,45,47)(H,50,51). The Morgan fingerprint density at radius 3 is 1.14 bits per heavy atom. The number of hydrogen-bond acceptors (Lipinski definition) is 5. The molecule has 3 aliphatic rings. The molecular formula is C41H52N4O6. The second-order valence-electron chi connectivity index (χ2n) is 13.4. The smallest absolute Gasteiger partial charge is 0.335 e. The van der Waals surface area contributed by atoms with Crippen LogP contribution >= 0.6 is 0 Å². The van der Waals surface area contributed by atoms with Gasteiger partial charge in [0, 0.05) is 48.4 Å². The fourth-order valence-corrected chi connectivity index (χ4v) is 6.13. The van der Waals surface area contributed by atoms with Crippen molar-refractivity contribution in [2.75, 3.05) is 10.6 Å². The van der Waals surface area contributed by atoms with Crippen molar-refractivity contribution in [2.24, 2.45) is 0 Å². The van der Waals surface area contributed by atoms with Gasteiger partial charge in [-0.3, -0.25) is 19.2 Å². The number of carboxylic acids is 1. The summed E-state index contributed by atoms with van der Waals surface area (Å²) in [5.74, 6) is -2.35. The third-order valence-electron chi connectivity index (χ3n) is 9.14. The molecule has 10 heteroatoms. The molecule has 0 atom stereocenters. The molecule has 0 saturated heterocycles. The van der Waals surface area contributed by atoms with Crippen molar-refractivity contribution in [3.05, 3.63) is 94.5 Å². The molecule has 6 bridgehead atoms. The highest BCUT2D eigenvalue weighted by atomic mass is 16.4. The first-order valence-corrected chi connectivity index (χ1v) is 18.5. The molecule has 0 saturated carbocycles. The fourth-order valence-electron chi connectivity index (χ4n) is 6.13.